The van der Waals surface area contributed by atoms with Gasteiger partial charge >= 0.3 is 6.18 Å². The maximum atomic E-state index is 14.1. The third kappa shape index (κ3) is 8.02. The molecule has 1 heterocycles. The molecule has 0 saturated carbocycles. The Labute approximate surface area is 230 Å². The molecule has 1 aliphatic heterocycles. The number of sulfonamides is 1. The number of rotatable bonds is 11. The van der Waals surface area contributed by atoms with Gasteiger partial charge in [0.1, 0.15) is 11.7 Å². The van der Waals surface area contributed by atoms with Crippen molar-refractivity contribution in [1.29, 1.82) is 0 Å². The van der Waals surface area contributed by atoms with Crippen LogP contribution >= 0.6 is 11.6 Å². The van der Waals surface area contributed by atoms with Gasteiger partial charge in [-0.25, -0.2) is 12.8 Å². The van der Waals surface area contributed by atoms with Gasteiger partial charge in [-0.15, -0.1) is 0 Å². The van der Waals surface area contributed by atoms with Crippen molar-refractivity contribution >= 4 is 33.4 Å². The predicted octanol–water partition coefficient (Wildman–Crippen LogP) is 4.83. The Kier molecular flexibility index (Phi) is 9.45. The van der Waals surface area contributed by atoms with Gasteiger partial charge in [0.25, 0.3) is 0 Å². The zero-order valence-electron chi connectivity index (χ0n) is 21.4. The predicted molar refractivity (Wildman–Crippen MR) is 141 cm³/mol. The van der Waals surface area contributed by atoms with Crippen LogP contribution in [0.1, 0.15) is 32.3 Å². The van der Waals surface area contributed by atoms with Gasteiger partial charge < -0.3 is 10.6 Å². The number of amidine groups is 1. The van der Waals surface area contributed by atoms with Crippen LogP contribution in [0.3, 0.4) is 0 Å². The summed E-state index contributed by atoms with van der Waals surface area (Å²) in [6, 6.07) is 10.8. The van der Waals surface area contributed by atoms with Crippen LogP contribution in [0.4, 0.5) is 17.6 Å². The summed E-state index contributed by atoms with van der Waals surface area (Å²) >= 11 is 5.77. The fourth-order valence-electron chi connectivity index (χ4n) is 3.93. The van der Waals surface area contributed by atoms with E-state index in [1.807, 2.05) is 0 Å². The first-order valence-electron chi connectivity index (χ1n) is 12.0. The van der Waals surface area contributed by atoms with Gasteiger partial charge in [-0.2, -0.15) is 17.5 Å². The number of nitrogens with one attached hydrogen (secondary N) is 2. The van der Waals surface area contributed by atoms with Crippen LogP contribution < -0.4 is 10.6 Å². The first-order chi connectivity index (χ1) is 18.1. The number of alkyl halides is 3. The molecule has 1 amide bonds. The van der Waals surface area contributed by atoms with Crippen LogP contribution in [0, 0.1) is 5.82 Å². The summed E-state index contributed by atoms with van der Waals surface area (Å²) in [6.07, 6.45) is -5.46. The molecule has 13 heteroatoms. The minimum Gasteiger partial charge on any atom is -0.363 e. The lowest BCUT2D eigenvalue weighted by molar-refractivity contribution is -0.136. The molecule has 2 aromatic carbocycles. The van der Waals surface area contributed by atoms with Gasteiger partial charge in [-0.1, -0.05) is 42.4 Å². The highest BCUT2D eigenvalue weighted by molar-refractivity contribution is 7.89. The summed E-state index contributed by atoms with van der Waals surface area (Å²) in [5.41, 5.74) is -0.142. The molecule has 39 heavy (non-hydrogen) atoms. The summed E-state index contributed by atoms with van der Waals surface area (Å²) in [4.78, 5) is 16.9. The summed E-state index contributed by atoms with van der Waals surface area (Å²) in [6.45, 7) is 6.56. The Balaban J connectivity index is 1.76. The van der Waals surface area contributed by atoms with Crippen molar-refractivity contribution in [3.05, 3.63) is 77.1 Å². The van der Waals surface area contributed by atoms with Crippen molar-refractivity contribution in [2.75, 3.05) is 13.1 Å². The highest BCUT2D eigenvalue weighted by Crippen LogP contribution is 2.25. The molecule has 7 nitrogen and oxygen atoms in total. The fourth-order valence-corrected chi connectivity index (χ4v) is 5.50. The lowest BCUT2D eigenvalue weighted by atomic mass is 9.96. The van der Waals surface area contributed by atoms with Crippen LogP contribution in [0.15, 0.2) is 70.6 Å². The normalized spacial score (nSPS) is 17.0. The minimum atomic E-state index is -4.40. The van der Waals surface area contributed by atoms with Crippen molar-refractivity contribution in [3.8, 4) is 0 Å². The van der Waals surface area contributed by atoms with Gasteiger partial charge in [0, 0.05) is 19.6 Å². The van der Waals surface area contributed by atoms with E-state index in [9.17, 15) is 30.8 Å². The van der Waals surface area contributed by atoms with E-state index in [1.165, 1.54) is 28.6 Å². The molecule has 0 radical (unpaired) electrons. The summed E-state index contributed by atoms with van der Waals surface area (Å²) in [5.74, 6) is -1.09. The molecule has 2 N–H and O–H groups in total. The van der Waals surface area contributed by atoms with Gasteiger partial charge in [0.05, 0.1) is 21.9 Å². The summed E-state index contributed by atoms with van der Waals surface area (Å²) < 4.78 is 79.4. The molecule has 0 fully saturated rings. The average Bonchev–Trinajstić information content (AvgIpc) is 3.18. The number of benzene rings is 2. The minimum absolute atomic E-state index is 0.0517. The molecular formula is C26H29ClF4N4O3S. The smallest absolute Gasteiger partial charge is 0.363 e. The third-order valence-electron chi connectivity index (χ3n) is 6.06. The molecule has 0 saturated heterocycles. The number of aliphatic imine (C=N–C) groups is 1. The van der Waals surface area contributed by atoms with E-state index in [0.29, 0.717) is 11.1 Å². The second kappa shape index (κ2) is 12.1. The molecule has 0 spiro atoms. The number of carbonyl (C=O) groups excluding carboxylic acids is 1. The number of halogens is 5. The first-order valence-corrected chi connectivity index (χ1v) is 13.8. The Morgan fingerprint density at radius 2 is 1.87 bits per heavy atom. The van der Waals surface area contributed by atoms with E-state index in [1.54, 1.807) is 32.0 Å². The molecule has 212 valence electrons. The lowest BCUT2D eigenvalue weighted by Gasteiger charge is -2.26. The number of hydrogen-bond donors (Lipinski definition) is 2. The molecule has 3 rings (SSSR count). The topological polar surface area (TPSA) is 90.9 Å². The maximum Gasteiger partial charge on any atom is 0.390 e. The van der Waals surface area contributed by atoms with Crippen LogP contribution in [0.2, 0.25) is 5.02 Å². The van der Waals surface area contributed by atoms with Gasteiger partial charge in [-0.05, 0) is 55.7 Å². The van der Waals surface area contributed by atoms with Gasteiger partial charge in [-0.3, -0.25) is 9.79 Å². The molecular weight excluding hydrogens is 560 g/mol. The van der Waals surface area contributed by atoms with Crippen molar-refractivity contribution in [3.63, 3.8) is 0 Å². The Hall–Kier alpha value is -2.96. The number of carbonyl (C=O) groups is 1. The first kappa shape index (κ1) is 30.6. The van der Waals surface area contributed by atoms with E-state index >= 15 is 0 Å². The summed E-state index contributed by atoms with van der Waals surface area (Å²) in [7, 11) is -3.99. The maximum absolute atomic E-state index is 14.1. The zero-order valence-corrected chi connectivity index (χ0v) is 22.9. The van der Waals surface area contributed by atoms with E-state index in [0.717, 1.165) is 6.07 Å². The molecule has 1 aliphatic rings. The molecule has 0 unspecified atom stereocenters. The van der Waals surface area contributed by atoms with Crippen molar-refractivity contribution in [1.82, 2.24) is 14.9 Å². The number of nitrogens with zero attached hydrogens (tertiary/aromatic N) is 2. The van der Waals surface area contributed by atoms with Crippen LogP contribution in [0.5, 0.6) is 0 Å². The number of hydrogen-bond acceptors (Lipinski definition) is 5. The van der Waals surface area contributed by atoms with Gasteiger partial charge in [0.15, 0.2) is 6.04 Å². The average molecular weight is 589 g/mol. The van der Waals surface area contributed by atoms with Crippen molar-refractivity contribution in [2.45, 2.75) is 55.9 Å². The Morgan fingerprint density at radius 3 is 2.49 bits per heavy atom. The largest absolute Gasteiger partial charge is 0.390 e. The third-order valence-corrected chi connectivity index (χ3v) is 8.23. The van der Waals surface area contributed by atoms with Crippen molar-refractivity contribution < 1.29 is 30.8 Å². The molecule has 0 aromatic heterocycles. The quantitative estimate of drug-likeness (QED) is 0.368. The van der Waals surface area contributed by atoms with E-state index < -0.39 is 52.5 Å². The molecule has 0 bridgehead atoms. The van der Waals surface area contributed by atoms with Crippen LogP contribution in [-0.4, -0.2) is 55.3 Å². The molecule has 2 aromatic rings. The van der Waals surface area contributed by atoms with Crippen LogP contribution in [-0.2, 0) is 21.4 Å². The van der Waals surface area contributed by atoms with Crippen LogP contribution in [0.25, 0.3) is 0 Å². The zero-order chi connectivity index (χ0) is 29.0. The fraction of sp³-hybridized carbons (Fsp3) is 0.385. The lowest BCUT2D eigenvalue weighted by Crippen LogP contribution is -2.51. The van der Waals surface area contributed by atoms with Gasteiger partial charge in [0.2, 0.25) is 15.9 Å². The highest BCUT2D eigenvalue weighted by Gasteiger charge is 2.41. The van der Waals surface area contributed by atoms with E-state index in [4.69, 9.17) is 11.6 Å². The highest BCUT2D eigenvalue weighted by atomic mass is 35.5. The SMILES string of the molecule is C=C(CCN(Cc1ccc(Cl)c(F)c1)S(=O)(=O)c1ccccc1)C1=N[C@H](C(=O)NCCC(F)(F)F)C(C)(C)N1. The molecule has 1 atom stereocenters. The second-order valence-corrected chi connectivity index (χ2v) is 12.0. The van der Waals surface area contributed by atoms with E-state index in [2.05, 4.69) is 22.2 Å². The monoisotopic (exact) mass is 588 g/mol. The Bertz CT molecular complexity index is 1350. The summed E-state index contributed by atoms with van der Waals surface area (Å²) in [5, 5.41) is 5.23. The number of amides is 1. The molecule has 0 aliphatic carbocycles. The Morgan fingerprint density at radius 1 is 1.21 bits per heavy atom. The second-order valence-electron chi connectivity index (χ2n) is 9.64. The van der Waals surface area contributed by atoms with E-state index in [-0.39, 0.29) is 35.3 Å². The van der Waals surface area contributed by atoms with Crippen molar-refractivity contribution in [2.24, 2.45) is 4.99 Å². The standard InChI is InChI=1S/C26H29ClF4N4O3S/c1-17(23-33-22(25(2,3)34-23)24(36)32-13-12-26(29,30)31)11-14-35(16-18-9-10-20(27)21(28)15-18)39(37,38)19-7-5-4-6-8-19/h4-10,15,22H,1,11-14,16H2,2-3H3,(H,32,36)(H,33,34)/t22-/m1/s1.